The van der Waals surface area contributed by atoms with E-state index in [1.165, 1.54) is 51.4 Å². The number of allylic oxidation sites excluding steroid dienone is 2. The minimum absolute atomic E-state index is 0.564. The first-order valence-corrected chi connectivity index (χ1v) is 7.04. The van der Waals surface area contributed by atoms with Crippen molar-refractivity contribution in [3.8, 4) is 0 Å². The van der Waals surface area contributed by atoms with E-state index in [2.05, 4.69) is 13.2 Å². The van der Waals surface area contributed by atoms with Crippen LogP contribution in [0.15, 0.2) is 24.3 Å². The van der Waals surface area contributed by atoms with Crippen molar-refractivity contribution in [2.24, 2.45) is 21.7 Å². The number of hydrogen-bond acceptors (Lipinski definition) is 0. The number of rotatable bonds is 0. The van der Waals surface area contributed by atoms with Crippen molar-refractivity contribution in [3.63, 3.8) is 0 Å². The van der Waals surface area contributed by atoms with Crippen LogP contribution in [0, 0.1) is 21.7 Å². The first-order valence-electron chi connectivity index (χ1n) is 7.04. The molecule has 0 bridgehead atoms. The van der Waals surface area contributed by atoms with Gasteiger partial charge in [0, 0.05) is 21.7 Å². The summed E-state index contributed by atoms with van der Waals surface area (Å²) in [6, 6.07) is 0. The molecule has 84 valence electrons. The lowest BCUT2D eigenvalue weighted by molar-refractivity contribution is 0.198. The summed E-state index contributed by atoms with van der Waals surface area (Å²) in [5.41, 5.74) is 5.65. The quantitative estimate of drug-likeness (QED) is 0.527. The molecule has 0 nitrogen and oxygen atoms in total. The molecule has 0 heterocycles. The molecular formula is C16H20. The maximum absolute atomic E-state index is 4.61. The van der Waals surface area contributed by atoms with Gasteiger partial charge in [0.1, 0.15) is 0 Å². The van der Waals surface area contributed by atoms with Crippen LogP contribution in [0.5, 0.6) is 0 Å². The lowest BCUT2D eigenvalue weighted by Gasteiger charge is -2.48. The Balaban J connectivity index is 1.76. The maximum Gasteiger partial charge on any atom is 0.000942 e. The average Bonchev–Trinajstić information content (AvgIpc) is 3.18. The van der Waals surface area contributed by atoms with Crippen LogP contribution in [0.4, 0.5) is 0 Å². The zero-order valence-electron chi connectivity index (χ0n) is 10.1. The van der Waals surface area contributed by atoms with Crippen LogP contribution in [0.3, 0.4) is 0 Å². The van der Waals surface area contributed by atoms with Crippen molar-refractivity contribution in [1.29, 1.82) is 0 Å². The first kappa shape index (κ1) is 8.55. The predicted octanol–water partition coefficient (Wildman–Crippen LogP) is 4.23. The van der Waals surface area contributed by atoms with Crippen LogP contribution >= 0.6 is 0 Å². The summed E-state index contributed by atoms with van der Waals surface area (Å²) in [6.45, 7) is 9.22. The van der Waals surface area contributed by atoms with Crippen LogP contribution in [-0.4, -0.2) is 0 Å². The van der Waals surface area contributed by atoms with Gasteiger partial charge in [-0.15, -0.1) is 0 Å². The van der Waals surface area contributed by atoms with Crippen molar-refractivity contribution in [2.45, 2.75) is 51.4 Å². The van der Waals surface area contributed by atoms with Gasteiger partial charge in [0.25, 0.3) is 0 Å². The number of hydrogen-bond donors (Lipinski definition) is 0. The third-order valence-electron chi connectivity index (χ3n) is 7.14. The molecule has 5 rings (SSSR count). The zero-order valence-corrected chi connectivity index (χ0v) is 10.1. The van der Waals surface area contributed by atoms with Gasteiger partial charge in [-0.05, 0) is 51.4 Å². The van der Waals surface area contributed by atoms with E-state index in [0.717, 1.165) is 0 Å². The third kappa shape index (κ3) is 0.555. The molecule has 5 fully saturated rings. The van der Waals surface area contributed by atoms with E-state index in [1.54, 1.807) is 11.1 Å². The predicted molar refractivity (Wildman–Crippen MR) is 64.9 cm³/mol. The van der Waals surface area contributed by atoms with Gasteiger partial charge in [-0.3, -0.25) is 0 Å². The molecule has 5 aliphatic carbocycles. The summed E-state index contributed by atoms with van der Waals surface area (Å²) >= 11 is 0. The topological polar surface area (TPSA) is 0 Å². The van der Waals surface area contributed by atoms with Crippen LogP contribution in [-0.2, 0) is 0 Å². The molecular weight excluding hydrogens is 192 g/mol. The van der Waals surface area contributed by atoms with E-state index >= 15 is 0 Å². The summed E-state index contributed by atoms with van der Waals surface area (Å²) < 4.78 is 0. The monoisotopic (exact) mass is 212 g/mol. The van der Waals surface area contributed by atoms with Crippen LogP contribution in [0.1, 0.15) is 51.4 Å². The van der Waals surface area contributed by atoms with Gasteiger partial charge in [0.15, 0.2) is 0 Å². The Labute approximate surface area is 97.8 Å². The molecule has 4 spiro atoms. The molecule has 0 atom stereocenters. The normalized spacial score (nSPS) is 40.8. The van der Waals surface area contributed by atoms with Gasteiger partial charge in [-0.2, -0.15) is 0 Å². The molecule has 0 radical (unpaired) electrons. The molecule has 0 heteroatoms. The molecule has 0 saturated heterocycles. The second-order valence-electron chi connectivity index (χ2n) is 7.29. The minimum atomic E-state index is 0.564. The lowest BCUT2D eigenvalue weighted by Crippen LogP contribution is -2.41. The fourth-order valence-electron chi connectivity index (χ4n) is 5.69. The third-order valence-corrected chi connectivity index (χ3v) is 7.14. The van der Waals surface area contributed by atoms with E-state index in [-0.39, 0.29) is 0 Å². The smallest absolute Gasteiger partial charge is 0.000942 e. The fourth-order valence-corrected chi connectivity index (χ4v) is 5.69. The maximum atomic E-state index is 4.61. The second kappa shape index (κ2) is 1.87. The van der Waals surface area contributed by atoms with Crippen LogP contribution < -0.4 is 0 Å². The molecule has 5 aliphatic rings. The largest absolute Gasteiger partial charge is 0.0987 e. The summed E-state index contributed by atoms with van der Waals surface area (Å²) in [7, 11) is 0. The molecule has 0 N–H and O–H groups in total. The van der Waals surface area contributed by atoms with E-state index in [1.807, 2.05) is 0 Å². The SMILES string of the molecule is C=C1C2(CC2)C2(CC2)C(=C)C2(CC2)C12CC2. The fraction of sp³-hybridized carbons (Fsp3) is 0.750. The highest BCUT2D eigenvalue weighted by Gasteiger charge is 2.83. The summed E-state index contributed by atoms with van der Waals surface area (Å²) in [5, 5.41) is 0. The van der Waals surface area contributed by atoms with Crippen molar-refractivity contribution < 1.29 is 0 Å². The lowest BCUT2D eigenvalue weighted by atomic mass is 9.55. The Bertz CT molecular complexity index is 364. The van der Waals surface area contributed by atoms with Crippen molar-refractivity contribution in [1.82, 2.24) is 0 Å². The molecule has 0 amide bonds. The first-order chi connectivity index (χ1) is 7.64. The Morgan fingerprint density at radius 3 is 0.812 bits per heavy atom. The summed E-state index contributed by atoms with van der Waals surface area (Å²) in [4.78, 5) is 0. The minimum Gasteiger partial charge on any atom is -0.0987 e. The Morgan fingerprint density at radius 2 is 0.688 bits per heavy atom. The Morgan fingerprint density at radius 1 is 0.500 bits per heavy atom. The van der Waals surface area contributed by atoms with E-state index in [4.69, 9.17) is 0 Å². The molecule has 0 aliphatic heterocycles. The highest BCUT2D eigenvalue weighted by atomic mass is 14.9. The van der Waals surface area contributed by atoms with Gasteiger partial charge in [-0.1, -0.05) is 24.3 Å². The molecule has 0 aromatic carbocycles. The van der Waals surface area contributed by atoms with Gasteiger partial charge in [0.05, 0.1) is 0 Å². The van der Waals surface area contributed by atoms with Crippen molar-refractivity contribution >= 4 is 0 Å². The molecule has 0 aromatic rings. The van der Waals surface area contributed by atoms with E-state index < -0.39 is 0 Å². The van der Waals surface area contributed by atoms with E-state index in [9.17, 15) is 0 Å². The zero-order chi connectivity index (χ0) is 10.8. The highest BCUT2D eigenvalue weighted by molar-refractivity contribution is 5.55. The summed E-state index contributed by atoms with van der Waals surface area (Å²) in [6.07, 6.45) is 11.5. The number of fused-ring (bicyclic) bond motifs is 2. The average molecular weight is 212 g/mol. The molecule has 16 heavy (non-hydrogen) atoms. The molecule has 5 saturated carbocycles. The molecule has 0 unspecified atom stereocenters. The standard InChI is InChI=1S/C16H20/c1-11-13(3-4-13)15(7-8-15)12(2)16(9-10-16)14(11)5-6-14/h1-10H2. The van der Waals surface area contributed by atoms with Crippen LogP contribution in [0.2, 0.25) is 0 Å². The Hall–Kier alpha value is -0.520. The van der Waals surface area contributed by atoms with Crippen molar-refractivity contribution in [2.75, 3.05) is 0 Å². The van der Waals surface area contributed by atoms with E-state index in [0.29, 0.717) is 21.7 Å². The van der Waals surface area contributed by atoms with Gasteiger partial charge < -0.3 is 0 Å². The highest BCUT2D eigenvalue weighted by Crippen LogP contribution is 2.92. The Kier molecular flexibility index (Phi) is 1.00. The van der Waals surface area contributed by atoms with Gasteiger partial charge in [-0.25, -0.2) is 0 Å². The van der Waals surface area contributed by atoms with Gasteiger partial charge >= 0.3 is 0 Å². The molecule has 0 aromatic heterocycles. The van der Waals surface area contributed by atoms with Gasteiger partial charge in [0.2, 0.25) is 0 Å². The van der Waals surface area contributed by atoms with Crippen molar-refractivity contribution in [3.05, 3.63) is 24.3 Å². The summed E-state index contributed by atoms with van der Waals surface area (Å²) in [5.74, 6) is 0. The second-order valence-corrected chi connectivity index (χ2v) is 7.29. The van der Waals surface area contributed by atoms with Crippen LogP contribution in [0.25, 0.3) is 0 Å².